The van der Waals surface area contributed by atoms with Gasteiger partial charge in [-0.25, -0.2) is 0 Å². The summed E-state index contributed by atoms with van der Waals surface area (Å²) in [7, 11) is 0. The molecule has 0 spiro atoms. The van der Waals surface area contributed by atoms with Crippen LogP contribution in [-0.2, 0) is 17.6 Å². The van der Waals surface area contributed by atoms with Crippen LogP contribution in [0.4, 0.5) is 5.88 Å². The molecule has 5 heteroatoms. The molecule has 1 aromatic carbocycles. The summed E-state index contributed by atoms with van der Waals surface area (Å²) in [4.78, 5) is 12.3. The van der Waals surface area contributed by atoms with Gasteiger partial charge >= 0.3 is 0 Å². The van der Waals surface area contributed by atoms with Crippen molar-refractivity contribution < 1.29 is 14.1 Å². The Hall–Kier alpha value is -2.30. The van der Waals surface area contributed by atoms with Gasteiger partial charge in [0.1, 0.15) is 5.75 Å². The van der Waals surface area contributed by atoms with Crippen molar-refractivity contribution in [2.24, 2.45) is 5.92 Å². The van der Waals surface area contributed by atoms with Crippen molar-refractivity contribution in [2.75, 3.05) is 11.9 Å². The first-order valence-corrected chi connectivity index (χ1v) is 8.94. The molecule has 0 saturated heterocycles. The molecule has 0 fully saturated rings. The monoisotopic (exact) mass is 342 g/mol. The number of carbonyl (C=O) groups is 1. The van der Waals surface area contributed by atoms with Crippen LogP contribution in [0.5, 0.6) is 5.75 Å². The van der Waals surface area contributed by atoms with E-state index < -0.39 is 0 Å². The van der Waals surface area contributed by atoms with E-state index in [2.05, 4.69) is 43.4 Å². The van der Waals surface area contributed by atoms with Crippen LogP contribution >= 0.6 is 0 Å². The van der Waals surface area contributed by atoms with Crippen LogP contribution in [0.3, 0.4) is 0 Å². The lowest BCUT2D eigenvalue weighted by molar-refractivity contribution is -0.118. The third-order valence-corrected chi connectivity index (χ3v) is 4.70. The predicted molar refractivity (Wildman–Crippen MR) is 97.1 cm³/mol. The first-order chi connectivity index (χ1) is 11.9. The number of aryl methyl sites for hydroxylation is 2. The van der Waals surface area contributed by atoms with Crippen molar-refractivity contribution in [3.8, 4) is 5.75 Å². The van der Waals surface area contributed by atoms with Crippen molar-refractivity contribution in [1.82, 2.24) is 5.16 Å². The molecule has 2 aromatic rings. The highest BCUT2D eigenvalue weighted by Gasteiger charge is 2.24. The molecule has 1 atom stereocenters. The number of benzene rings is 1. The number of aromatic nitrogens is 1. The maximum absolute atomic E-state index is 12.3. The number of carbonyl (C=O) groups excluding carboxylic acids is 1. The quantitative estimate of drug-likeness (QED) is 0.882. The largest absolute Gasteiger partial charge is 0.483 e. The number of anilines is 1. The maximum Gasteiger partial charge on any atom is 0.264 e. The van der Waals surface area contributed by atoms with Gasteiger partial charge in [-0.05, 0) is 55.2 Å². The first-order valence-electron chi connectivity index (χ1n) is 8.94. The summed E-state index contributed by atoms with van der Waals surface area (Å²) >= 11 is 0. The zero-order valence-corrected chi connectivity index (χ0v) is 15.4. The molecule has 0 radical (unpaired) electrons. The fraction of sp³-hybridized carbons (Fsp3) is 0.500. The summed E-state index contributed by atoms with van der Waals surface area (Å²) in [5.74, 6) is 1.93. The van der Waals surface area contributed by atoms with Gasteiger partial charge in [0, 0.05) is 5.56 Å². The second-order valence-corrected chi connectivity index (χ2v) is 7.32. The molecule has 1 amide bonds. The molecule has 1 aliphatic carbocycles. The summed E-state index contributed by atoms with van der Waals surface area (Å²) in [5, 5.41) is 6.89. The summed E-state index contributed by atoms with van der Waals surface area (Å²) in [6.45, 7) is 8.39. The number of rotatable bonds is 5. The summed E-state index contributed by atoms with van der Waals surface area (Å²) in [5.41, 5.74) is 4.21. The zero-order chi connectivity index (χ0) is 18.0. The van der Waals surface area contributed by atoms with E-state index in [0.717, 1.165) is 47.4 Å². The number of hydrogen-bond donors (Lipinski definition) is 1. The van der Waals surface area contributed by atoms with Crippen molar-refractivity contribution in [1.29, 1.82) is 0 Å². The molecule has 1 aromatic heterocycles. The van der Waals surface area contributed by atoms with Crippen LogP contribution in [0, 0.1) is 12.8 Å². The lowest BCUT2D eigenvalue weighted by Gasteiger charge is -2.17. The fourth-order valence-electron chi connectivity index (χ4n) is 3.23. The van der Waals surface area contributed by atoms with E-state index in [9.17, 15) is 4.79 Å². The average molecular weight is 342 g/mol. The zero-order valence-electron chi connectivity index (χ0n) is 15.4. The normalized spacial score (nSPS) is 16.6. The number of amides is 1. The second kappa shape index (κ2) is 7.30. The van der Waals surface area contributed by atoms with Crippen LogP contribution in [0.25, 0.3) is 0 Å². The van der Waals surface area contributed by atoms with Gasteiger partial charge in [0.2, 0.25) is 5.88 Å². The number of ether oxygens (including phenoxy) is 1. The van der Waals surface area contributed by atoms with Gasteiger partial charge in [0.05, 0.1) is 5.69 Å². The minimum atomic E-state index is -0.228. The lowest BCUT2D eigenvalue weighted by atomic mass is 9.89. The van der Waals surface area contributed by atoms with E-state index in [0.29, 0.717) is 17.7 Å². The summed E-state index contributed by atoms with van der Waals surface area (Å²) in [6, 6.07) is 6.09. The van der Waals surface area contributed by atoms with Crippen LogP contribution in [0.1, 0.15) is 55.5 Å². The molecule has 0 unspecified atom stereocenters. The van der Waals surface area contributed by atoms with Crippen molar-refractivity contribution in [3.05, 3.63) is 40.6 Å². The number of nitrogens with zero attached hydrogens (tertiary/aromatic N) is 1. The van der Waals surface area contributed by atoms with E-state index >= 15 is 0 Å². The molecule has 134 valence electrons. The Morgan fingerprint density at radius 1 is 1.44 bits per heavy atom. The highest BCUT2D eigenvalue weighted by atomic mass is 16.5. The lowest BCUT2D eigenvalue weighted by Crippen LogP contribution is -2.22. The Morgan fingerprint density at radius 3 is 3.00 bits per heavy atom. The molecule has 5 nitrogen and oxygen atoms in total. The van der Waals surface area contributed by atoms with Crippen molar-refractivity contribution in [3.63, 3.8) is 0 Å². The van der Waals surface area contributed by atoms with Gasteiger partial charge in [-0.1, -0.05) is 38.1 Å². The van der Waals surface area contributed by atoms with Gasteiger partial charge in [0.25, 0.3) is 5.91 Å². The highest BCUT2D eigenvalue weighted by Crippen LogP contribution is 2.31. The van der Waals surface area contributed by atoms with Crippen LogP contribution in [-0.4, -0.2) is 17.7 Å². The minimum Gasteiger partial charge on any atom is -0.483 e. The SMILES string of the molecule is Cc1ccc(C(C)C)c(OCC(=O)Nc2onc3c2C[C@H](C)CC3)c1. The van der Waals surface area contributed by atoms with E-state index in [-0.39, 0.29) is 12.5 Å². The van der Waals surface area contributed by atoms with Crippen LogP contribution in [0.15, 0.2) is 22.7 Å². The van der Waals surface area contributed by atoms with Gasteiger partial charge in [-0.3, -0.25) is 10.1 Å². The summed E-state index contributed by atoms with van der Waals surface area (Å²) in [6.07, 6.45) is 2.92. The number of nitrogens with one attached hydrogen (secondary N) is 1. The Kier molecular flexibility index (Phi) is 5.11. The molecular formula is C20H26N2O3. The minimum absolute atomic E-state index is 0.0474. The Bertz CT molecular complexity index is 764. The standard InChI is InChI=1S/C20H26N2O3/c1-12(2)15-7-5-14(4)10-18(15)24-11-19(23)21-20-16-9-13(3)6-8-17(16)22-25-20/h5,7,10,12-13H,6,8-9,11H2,1-4H3,(H,21,23)/t13-/m1/s1. The Balaban J connectivity index is 1.65. The summed E-state index contributed by atoms with van der Waals surface area (Å²) < 4.78 is 11.1. The van der Waals surface area contributed by atoms with Crippen LogP contribution in [0.2, 0.25) is 0 Å². The molecule has 1 N–H and O–H groups in total. The van der Waals surface area contributed by atoms with Gasteiger partial charge in [-0.2, -0.15) is 0 Å². The Labute approximate surface area is 148 Å². The molecule has 3 rings (SSSR count). The molecule has 25 heavy (non-hydrogen) atoms. The van der Waals surface area contributed by atoms with Crippen molar-refractivity contribution >= 4 is 11.8 Å². The third kappa shape index (κ3) is 4.03. The molecule has 0 bridgehead atoms. The van der Waals surface area contributed by atoms with Gasteiger partial charge in [0.15, 0.2) is 6.61 Å². The molecule has 1 aliphatic rings. The van der Waals surface area contributed by atoms with E-state index in [1.807, 2.05) is 13.0 Å². The topological polar surface area (TPSA) is 64.4 Å². The number of hydrogen-bond acceptors (Lipinski definition) is 4. The fourth-order valence-corrected chi connectivity index (χ4v) is 3.23. The molecule has 0 saturated carbocycles. The first kappa shape index (κ1) is 17.5. The highest BCUT2D eigenvalue weighted by molar-refractivity contribution is 5.91. The maximum atomic E-state index is 12.3. The third-order valence-electron chi connectivity index (χ3n) is 4.70. The average Bonchev–Trinajstić information content (AvgIpc) is 2.95. The van der Waals surface area contributed by atoms with E-state index in [1.165, 1.54) is 0 Å². The Morgan fingerprint density at radius 2 is 2.24 bits per heavy atom. The van der Waals surface area contributed by atoms with E-state index in [1.54, 1.807) is 0 Å². The molecule has 0 aliphatic heterocycles. The predicted octanol–water partition coefficient (Wildman–Crippen LogP) is 4.25. The van der Waals surface area contributed by atoms with Gasteiger partial charge in [-0.15, -0.1) is 0 Å². The molecular weight excluding hydrogens is 316 g/mol. The smallest absolute Gasteiger partial charge is 0.264 e. The van der Waals surface area contributed by atoms with E-state index in [4.69, 9.17) is 9.26 Å². The second-order valence-electron chi connectivity index (χ2n) is 7.32. The molecule has 1 heterocycles. The number of fused-ring (bicyclic) bond motifs is 1. The van der Waals surface area contributed by atoms with Crippen LogP contribution < -0.4 is 10.1 Å². The van der Waals surface area contributed by atoms with Crippen molar-refractivity contribution in [2.45, 2.75) is 52.9 Å². The van der Waals surface area contributed by atoms with Gasteiger partial charge < -0.3 is 9.26 Å².